The first-order valence-corrected chi connectivity index (χ1v) is 9.51. The molecule has 138 valence electrons. The van der Waals surface area contributed by atoms with Gasteiger partial charge in [0.15, 0.2) is 12.4 Å². The van der Waals surface area contributed by atoms with Crippen molar-refractivity contribution >= 4 is 39.1 Å². The van der Waals surface area contributed by atoms with Gasteiger partial charge in [-0.25, -0.2) is 17.6 Å². The van der Waals surface area contributed by atoms with E-state index in [-0.39, 0.29) is 16.1 Å². The number of carbonyl (C=O) groups excluding carboxylic acids is 2. The van der Waals surface area contributed by atoms with Gasteiger partial charge in [-0.05, 0) is 42.5 Å². The summed E-state index contributed by atoms with van der Waals surface area (Å²) in [5, 5.41) is 0.162. The van der Waals surface area contributed by atoms with E-state index in [4.69, 9.17) is 16.3 Å². The molecule has 2 rings (SSSR count). The van der Waals surface area contributed by atoms with Crippen LogP contribution >= 0.6 is 11.6 Å². The van der Waals surface area contributed by atoms with Gasteiger partial charge in [-0.1, -0.05) is 11.6 Å². The monoisotopic (exact) mass is 399 g/mol. The highest BCUT2D eigenvalue weighted by molar-refractivity contribution is 7.92. The molecular formula is C17H15ClFNO5S. The zero-order valence-corrected chi connectivity index (χ0v) is 15.5. The molecule has 26 heavy (non-hydrogen) atoms. The van der Waals surface area contributed by atoms with Crippen LogP contribution in [0.1, 0.15) is 20.7 Å². The van der Waals surface area contributed by atoms with Crippen molar-refractivity contribution in [3.8, 4) is 0 Å². The molecule has 0 radical (unpaired) electrons. The molecule has 0 saturated carbocycles. The fraction of sp³-hybridized carbons (Fsp3) is 0.176. The van der Waals surface area contributed by atoms with Gasteiger partial charge in [0.25, 0.3) is 0 Å². The van der Waals surface area contributed by atoms with E-state index >= 15 is 0 Å². The molecule has 0 aliphatic carbocycles. The number of benzene rings is 2. The molecule has 0 amide bonds. The number of carbonyl (C=O) groups is 2. The summed E-state index contributed by atoms with van der Waals surface area (Å²) >= 11 is 5.70. The number of anilines is 1. The molecule has 0 bridgehead atoms. The minimum absolute atomic E-state index is 0.162. The molecule has 0 aliphatic rings. The summed E-state index contributed by atoms with van der Waals surface area (Å²) in [4.78, 5) is 23.9. The molecule has 0 spiro atoms. The van der Waals surface area contributed by atoms with Crippen LogP contribution in [-0.4, -0.2) is 40.1 Å². The molecule has 0 aliphatic heterocycles. The number of Topliss-reactive ketones (excluding diaryl/α,β-unsaturated/α-hetero) is 1. The minimum Gasteiger partial charge on any atom is -0.454 e. The van der Waals surface area contributed by atoms with E-state index in [0.29, 0.717) is 5.69 Å². The maximum Gasteiger partial charge on any atom is 0.341 e. The van der Waals surface area contributed by atoms with Crippen molar-refractivity contribution < 1.29 is 27.1 Å². The van der Waals surface area contributed by atoms with Gasteiger partial charge >= 0.3 is 5.97 Å². The molecule has 0 atom stereocenters. The number of rotatable bonds is 6. The van der Waals surface area contributed by atoms with Gasteiger partial charge in [-0.3, -0.25) is 9.10 Å². The predicted octanol–water partition coefficient (Wildman–Crippen LogP) is 2.91. The van der Waals surface area contributed by atoms with Gasteiger partial charge in [0.05, 0.1) is 17.5 Å². The van der Waals surface area contributed by atoms with Crippen molar-refractivity contribution in [2.24, 2.45) is 0 Å². The molecule has 2 aromatic carbocycles. The van der Waals surface area contributed by atoms with Crippen LogP contribution in [0.25, 0.3) is 0 Å². The summed E-state index contributed by atoms with van der Waals surface area (Å²) in [6.45, 7) is -0.591. The lowest BCUT2D eigenvalue weighted by molar-refractivity contribution is 0.0470. The van der Waals surface area contributed by atoms with Gasteiger partial charge in [0, 0.05) is 17.6 Å². The fourth-order valence-electron chi connectivity index (χ4n) is 1.99. The molecule has 0 unspecified atom stereocenters. The average molecular weight is 400 g/mol. The summed E-state index contributed by atoms with van der Waals surface area (Å²) in [6, 6.07) is 9.14. The highest BCUT2D eigenvalue weighted by atomic mass is 35.5. The van der Waals surface area contributed by atoms with Gasteiger partial charge in [-0.15, -0.1) is 0 Å². The first kappa shape index (κ1) is 19.9. The Labute approximate surface area is 155 Å². The first-order valence-electron chi connectivity index (χ1n) is 7.29. The van der Waals surface area contributed by atoms with E-state index in [1.807, 2.05) is 0 Å². The van der Waals surface area contributed by atoms with Gasteiger partial charge < -0.3 is 4.74 Å². The summed E-state index contributed by atoms with van der Waals surface area (Å²) in [5.74, 6) is -2.33. The third-order valence-corrected chi connectivity index (χ3v) is 4.97. The molecule has 0 N–H and O–H groups in total. The SMILES string of the molecule is CN(c1ccc(C(=O)COC(=O)c2cc(Cl)ccc2F)cc1)S(C)(=O)=O. The Bertz CT molecular complexity index is 944. The van der Waals surface area contributed by atoms with Crippen molar-refractivity contribution in [1.82, 2.24) is 0 Å². The molecule has 6 nitrogen and oxygen atoms in total. The second-order valence-corrected chi connectivity index (χ2v) is 7.85. The number of ether oxygens (including phenoxy) is 1. The van der Waals surface area contributed by atoms with Gasteiger partial charge in [-0.2, -0.15) is 0 Å². The van der Waals surface area contributed by atoms with E-state index in [2.05, 4.69) is 0 Å². The van der Waals surface area contributed by atoms with Crippen LogP contribution in [0.4, 0.5) is 10.1 Å². The Hall–Kier alpha value is -2.45. The Morgan fingerprint density at radius 2 is 1.77 bits per heavy atom. The second-order valence-electron chi connectivity index (χ2n) is 5.40. The van der Waals surface area contributed by atoms with Crippen LogP contribution in [0.5, 0.6) is 0 Å². The maximum absolute atomic E-state index is 13.6. The minimum atomic E-state index is -3.42. The number of hydrogen-bond donors (Lipinski definition) is 0. The normalized spacial score (nSPS) is 11.1. The third-order valence-electron chi connectivity index (χ3n) is 3.53. The summed E-state index contributed by atoms with van der Waals surface area (Å²) in [5.41, 5.74) is 0.229. The van der Waals surface area contributed by atoms with E-state index in [0.717, 1.165) is 22.7 Å². The fourth-order valence-corrected chi connectivity index (χ4v) is 2.67. The number of halogens is 2. The van der Waals surface area contributed by atoms with Crippen LogP contribution in [0.15, 0.2) is 42.5 Å². The van der Waals surface area contributed by atoms with Gasteiger partial charge in [0.1, 0.15) is 5.82 Å². The standard InChI is InChI=1S/C17H15ClFNO5S/c1-20(26(2,23)24)13-6-3-11(4-7-13)16(21)10-25-17(22)14-9-12(18)5-8-15(14)19/h3-9H,10H2,1-2H3. The van der Waals surface area contributed by atoms with Crippen molar-refractivity contribution in [3.63, 3.8) is 0 Å². The quantitative estimate of drug-likeness (QED) is 0.551. The van der Waals surface area contributed by atoms with Crippen LogP contribution in [0, 0.1) is 5.82 Å². The zero-order valence-electron chi connectivity index (χ0n) is 13.9. The van der Waals surface area contributed by atoms with E-state index in [9.17, 15) is 22.4 Å². The van der Waals surface area contributed by atoms with Crippen LogP contribution in [-0.2, 0) is 14.8 Å². The topological polar surface area (TPSA) is 80.8 Å². The summed E-state index contributed by atoms with van der Waals surface area (Å²) < 4.78 is 42.4. The van der Waals surface area contributed by atoms with Crippen molar-refractivity contribution in [3.05, 3.63) is 64.4 Å². The predicted molar refractivity (Wildman–Crippen MR) is 95.7 cm³/mol. The Balaban J connectivity index is 2.04. The second kappa shape index (κ2) is 7.84. The average Bonchev–Trinajstić information content (AvgIpc) is 2.60. The molecule has 0 saturated heterocycles. The van der Waals surface area contributed by atoms with E-state index < -0.39 is 34.2 Å². The maximum atomic E-state index is 13.6. The Morgan fingerprint density at radius 3 is 2.35 bits per heavy atom. The number of esters is 1. The number of hydrogen-bond acceptors (Lipinski definition) is 5. The molecule has 2 aromatic rings. The summed E-state index contributed by atoms with van der Waals surface area (Å²) in [7, 11) is -2.03. The number of ketones is 1. The molecular weight excluding hydrogens is 385 g/mol. The molecule has 0 heterocycles. The van der Waals surface area contributed by atoms with E-state index in [1.165, 1.54) is 37.4 Å². The smallest absolute Gasteiger partial charge is 0.341 e. The molecule has 0 fully saturated rings. The highest BCUT2D eigenvalue weighted by Gasteiger charge is 2.17. The van der Waals surface area contributed by atoms with Crippen LogP contribution in [0.3, 0.4) is 0 Å². The Kier molecular flexibility index (Phi) is 5.99. The van der Waals surface area contributed by atoms with E-state index in [1.54, 1.807) is 0 Å². The summed E-state index contributed by atoms with van der Waals surface area (Å²) in [6.07, 6.45) is 1.06. The highest BCUT2D eigenvalue weighted by Crippen LogP contribution is 2.18. The van der Waals surface area contributed by atoms with Crippen molar-refractivity contribution in [2.75, 3.05) is 24.2 Å². The lowest BCUT2D eigenvalue weighted by Gasteiger charge is -2.16. The zero-order chi connectivity index (χ0) is 19.5. The third kappa shape index (κ3) is 4.80. The largest absolute Gasteiger partial charge is 0.454 e. The van der Waals surface area contributed by atoms with Crippen LogP contribution < -0.4 is 4.31 Å². The van der Waals surface area contributed by atoms with Gasteiger partial charge in [0.2, 0.25) is 10.0 Å². The first-order chi connectivity index (χ1) is 12.1. The van der Waals surface area contributed by atoms with Crippen molar-refractivity contribution in [1.29, 1.82) is 0 Å². The lowest BCUT2D eigenvalue weighted by atomic mass is 10.1. The lowest BCUT2D eigenvalue weighted by Crippen LogP contribution is -2.24. The van der Waals surface area contributed by atoms with Crippen molar-refractivity contribution in [2.45, 2.75) is 0 Å². The molecule has 0 aromatic heterocycles. The van der Waals surface area contributed by atoms with Crippen LogP contribution in [0.2, 0.25) is 5.02 Å². The number of sulfonamides is 1. The Morgan fingerprint density at radius 1 is 1.15 bits per heavy atom. The number of nitrogens with zero attached hydrogens (tertiary/aromatic N) is 1. The molecule has 9 heteroatoms.